The molecule has 0 amide bonds. The number of rotatable bonds is 1. The monoisotopic (exact) mass is 183 g/mol. The van der Waals surface area contributed by atoms with Crippen LogP contribution in [0.2, 0.25) is 0 Å². The van der Waals surface area contributed by atoms with Crippen molar-refractivity contribution in [3.05, 3.63) is 11.6 Å². The van der Waals surface area contributed by atoms with E-state index in [0.717, 1.165) is 31.5 Å². The summed E-state index contributed by atoms with van der Waals surface area (Å²) in [5, 5.41) is 3.21. The highest BCUT2D eigenvalue weighted by Crippen LogP contribution is 2.36. The lowest BCUT2D eigenvalue weighted by molar-refractivity contribution is 0.151. The predicted octanol–water partition coefficient (Wildman–Crippen LogP) is 2.58. The average Bonchev–Trinajstić information content (AvgIpc) is 2.20. The third-order valence-electron chi connectivity index (χ3n) is 3.26. The second-order valence-electron chi connectivity index (χ2n) is 4.19. The summed E-state index contributed by atoms with van der Waals surface area (Å²) < 4.78 is 14.3. The summed E-state index contributed by atoms with van der Waals surface area (Å²) in [6, 6.07) is 0. The van der Waals surface area contributed by atoms with E-state index in [4.69, 9.17) is 0 Å². The van der Waals surface area contributed by atoms with Gasteiger partial charge in [-0.05, 0) is 57.2 Å². The van der Waals surface area contributed by atoms with E-state index in [9.17, 15) is 4.39 Å². The molecule has 2 rings (SSSR count). The molecule has 74 valence electrons. The summed E-state index contributed by atoms with van der Waals surface area (Å²) in [5.41, 5.74) is 0.145. The Balaban J connectivity index is 2.07. The molecule has 0 unspecified atom stereocenters. The summed E-state index contributed by atoms with van der Waals surface area (Å²) in [6.07, 6.45) is 8.03. The highest BCUT2D eigenvalue weighted by Gasteiger charge is 2.35. The summed E-state index contributed by atoms with van der Waals surface area (Å²) in [4.78, 5) is 0. The molecule has 2 heteroatoms. The van der Waals surface area contributed by atoms with Gasteiger partial charge in [-0.1, -0.05) is 6.08 Å². The molecule has 13 heavy (non-hydrogen) atoms. The number of alkyl halides is 1. The van der Waals surface area contributed by atoms with Crippen molar-refractivity contribution in [1.29, 1.82) is 0 Å². The fraction of sp³-hybridized carbons (Fsp3) is 0.818. The molecule has 0 aromatic rings. The van der Waals surface area contributed by atoms with Crippen LogP contribution in [0.4, 0.5) is 4.39 Å². The van der Waals surface area contributed by atoms with Crippen molar-refractivity contribution >= 4 is 0 Å². The van der Waals surface area contributed by atoms with E-state index >= 15 is 0 Å². The van der Waals surface area contributed by atoms with Crippen molar-refractivity contribution in [3.63, 3.8) is 0 Å². The maximum absolute atomic E-state index is 14.3. The Morgan fingerprint density at radius 1 is 1.23 bits per heavy atom. The van der Waals surface area contributed by atoms with E-state index in [2.05, 4.69) is 11.4 Å². The van der Waals surface area contributed by atoms with Crippen molar-refractivity contribution in [2.24, 2.45) is 0 Å². The Kier molecular flexibility index (Phi) is 2.68. The molecule has 1 aliphatic heterocycles. The number of hydrogen-bond donors (Lipinski definition) is 1. The Bertz CT molecular complexity index is 204. The molecular formula is C11H18FN. The minimum Gasteiger partial charge on any atom is -0.316 e. The van der Waals surface area contributed by atoms with Crippen LogP contribution >= 0.6 is 0 Å². The lowest BCUT2D eigenvalue weighted by atomic mass is 9.81. The molecule has 0 aromatic carbocycles. The van der Waals surface area contributed by atoms with Gasteiger partial charge in [0.05, 0.1) is 0 Å². The number of hydrogen-bond acceptors (Lipinski definition) is 1. The zero-order valence-electron chi connectivity index (χ0n) is 8.11. The average molecular weight is 183 g/mol. The van der Waals surface area contributed by atoms with Gasteiger partial charge in [-0.2, -0.15) is 0 Å². The SMILES string of the molecule is FC1(C2=CCCCC2)CCNCC1. The molecule has 1 saturated heterocycles. The molecule has 1 nitrogen and oxygen atoms in total. The Morgan fingerprint density at radius 3 is 2.62 bits per heavy atom. The van der Waals surface area contributed by atoms with E-state index in [-0.39, 0.29) is 0 Å². The van der Waals surface area contributed by atoms with Gasteiger partial charge in [0.25, 0.3) is 0 Å². The van der Waals surface area contributed by atoms with Gasteiger partial charge in [0.15, 0.2) is 0 Å². The second-order valence-corrected chi connectivity index (χ2v) is 4.19. The third-order valence-corrected chi connectivity index (χ3v) is 3.26. The molecule has 0 radical (unpaired) electrons. The van der Waals surface area contributed by atoms with Crippen molar-refractivity contribution in [1.82, 2.24) is 5.32 Å². The lowest BCUT2D eigenvalue weighted by Crippen LogP contribution is -2.40. The summed E-state index contributed by atoms with van der Waals surface area (Å²) in [6.45, 7) is 1.68. The van der Waals surface area contributed by atoms with Crippen molar-refractivity contribution in [2.75, 3.05) is 13.1 Å². The molecule has 1 heterocycles. The topological polar surface area (TPSA) is 12.0 Å². The summed E-state index contributed by atoms with van der Waals surface area (Å²) >= 11 is 0. The van der Waals surface area contributed by atoms with Crippen LogP contribution in [0, 0.1) is 0 Å². The van der Waals surface area contributed by atoms with Gasteiger partial charge in [0, 0.05) is 0 Å². The lowest BCUT2D eigenvalue weighted by Gasteiger charge is -2.34. The highest BCUT2D eigenvalue weighted by molar-refractivity contribution is 5.20. The highest BCUT2D eigenvalue weighted by atomic mass is 19.1. The van der Waals surface area contributed by atoms with Crippen LogP contribution in [0.15, 0.2) is 11.6 Å². The quantitative estimate of drug-likeness (QED) is 0.616. The van der Waals surface area contributed by atoms with E-state index in [1.54, 1.807) is 0 Å². The zero-order valence-corrected chi connectivity index (χ0v) is 8.11. The number of allylic oxidation sites excluding steroid dienone is 2. The normalized spacial score (nSPS) is 28.2. The molecule has 0 atom stereocenters. The first-order chi connectivity index (χ1) is 6.31. The molecule has 0 saturated carbocycles. The standard InChI is InChI=1S/C11H18FN/c12-11(6-8-13-9-7-11)10-4-2-1-3-5-10/h4,13H,1-3,5-9H2. The first-order valence-corrected chi connectivity index (χ1v) is 5.40. The Morgan fingerprint density at radius 2 is 2.00 bits per heavy atom. The fourth-order valence-corrected chi connectivity index (χ4v) is 2.39. The van der Waals surface area contributed by atoms with Gasteiger partial charge in [-0.3, -0.25) is 0 Å². The van der Waals surface area contributed by atoms with Crippen molar-refractivity contribution in [2.45, 2.75) is 44.2 Å². The minimum atomic E-state index is -0.953. The first kappa shape index (κ1) is 9.20. The Hall–Kier alpha value is -0.370. The van der Waals surface area contributed by atoms with Gasteiger partial charge in [0.2, 0.25) is 0 Å². The van der Waals surface area contributed by atoms with Crippen LogP contribution in [0.3, 0.4) is 0 Å². The van der Waals surface area contributed by atoms with Crippen LogP contribution in [0.5, 0.6) is 0 Å². The van der Waals surface area contributed by atoms with Crippen LogP contribution in [-0.2, 0) is 0 Å². The van der Waals surface area contributed by atoms with E-state index in [0.29, 0.717) is 12.8 Å². The van der Waals surface area contributed by atoms with Crippen LogP contribution < -0.4 is 5.32 Å². The van der Waals surface area contributed by atoms with Crippen LogP contribution in [-0.4, -0.2) is 18.8 Å². The first-order valence-electron chi connectivity index (χ1n) is 5.40. The number of halogens is 1. The van der Waals surface area contributed by atoms with Crippen LogP contribution in [0.1, 0.15) is 38.5 Å². The van der Waals surface area contributed by atoms with E-state index in [1.807, 2.05) is 0 Å². The van der Waals surface area contributed by atoms with Crippen molar-refractivity contribution in [3.8, 4) is 0 Å². The molecular weight excluding hydrogens is 165 g/mol. The number of nitrogens with one attached hydrogen (secondary N) is 1. The molecule has 0 spiro atoms. The second kappa shape index (κ2) is 3.79. The minimum absolute atomic E-state index is 0.679. The van der Waals surface area contributed by atoms with Gasteiger partial charge in [-0.15, -0.1) is 0 Å². The molecule has 1 aliphatic carbocycles. The smallest absolute Gasteiger partial charge is 0.134 e. The van der Waals surface area contributed by atoms with Gasteiger partial charge >= 0.3 is 0 Å². The van der Waals surface area contributed by atoms with E-state index < -0.39 is 5.67 Å². The molecule has 0 bridgehead atoms. The fourth-order valence-electron chi connectivity index (χ4n) is 2.39. The summed E-state index contributed by atoms with van der Waals surface area (Å²) in [5.74, 6) is 0. The third kappa shape index (κ3) is 1.93. The van der Waals surface area contributed by atoms with Gasteiger partial charge < -0.3 is 5.32 Å². The molecule has 1 fully saturated rings. The molecule has 1 N–H and O–H groups in total. The zero-order chi connectivity index (χ0) is 9.15. The maximum atomic E-state index is 14.3. The molecule has 2 aliphatic rings. The summed E-state index contributed by atoms with van der Waals surface area (Å²) in [7, 11) is 0. The van der Waals surface area contributed by atoms with Crippen molar-refractivity contribution < 1.29 is 4.39 Å². The van der Waals surface area contributed by atoms with E-state index in [1.165, 1.54) is 12.8 Å². The maximum Gasteiger partial charge on any atom is 0.134 e. The Labute approximate surface area is 79.4 Å². The largest absolute Gasteiger partial charge is 0.316 e. The number of piperidine rings is 1. The molecule has 0 aromatic heterocycles. The van der Waals surface area contributed by atoms with Crippen LogP contribution in [0.25, 0.3) is 0 Å². The predicted molar refractivity (Wildman–Crippen MR) is 52.5 cm³/mol. The van der Waals surface area contributed by atoms with Gasteiger partial charge in [-0.25, -0.2) is 4.39 Å². The van der Waals surface area contributed by atoms with Gasteiger partial charge in [0.1, 0.15) is 5.67 Å².